The fourth-order valence-corrected chi connectivity index (χ4v) is 4.88. The van der Waals surface area contributed by atoms with Gasteiger partial charge in [0.05, 0.1) is 12.2 Å². The summed E-state index contributed by atoms with van der Waals surface area (Å²) in [5, 5.41) is 9.51. The van der Waals surface area contributed by atoms with Crippen molar-refractivity contribution in [3.63, 3.8) is 0 Å². The van der Waals surface area contributed by atoms with E-state index < -0.39 is 23.9 Å². The number of amides is 1. The molecule has 0 saturated carbocycles. The van der Waals surface area contributed by atoms with Crippen LogP contribution in [0.5, 0.6) is 0 Å². The molecule has 4 aromatic rings. The molecule has 5 rings (SSSR count). The summed E-state index contributed by atoms with van der Waals surface area (Å²) in [6.45, 7) is -0.397. The number of hydrogen-bond acceptors (Lipinski definition) is 3. The summed E-state index contributed by atoms with van der Waals surface area (Å²) < 4.78 is 47.9. The van der Waals surface area contributed by atoms with Gasteiger partial charge in [0, 0.05) is 24.7 Å². The molecule has 0 bridgehead atoms. The van der Waals surface area contributed by atoms with Gasteiger partial charge < -0.3 is 14.7 Å². The molecule has 1 aliphatic rings. The van der Waals surface area contributed by atoms with Gasteiger partial charge in [-0.25, -0.2) is 4.79 Å². The van der Waals surface area contributed by atoms with E-state index in [-0.39, 0.29) is 18.7 Å². The van der Waals surface area contributed by atoms with Crippen LogP contribution in [0.3, 0.4) is 0 Å². The molecule has 1 amide bonds. The molecule has 37 heavy (non-hydrogen) atoms. The first-order chi connectivity index (χ1) is 17.8. The molecule has 4 aromatic carbocycles. The van der Waals surface area contributed by atoms with Gasteiger partial charge in [0.2, 0.25) is 0 Å². The van der Waals surface area contributed by atoms with Gasteiger partial charge in [-0.3, -0.25) is 0 Å². The third-order valence-corrected chi connectivity index (χ3v) is 6.57. The minimum atomic E-state index is -4.60. The number of carbonyl (C=O) groups excluding carboxylic acids is 1. The van der Waals surface area contributed by atoms with Gasteiger partial charge in [0.25, 0.3) is 0 Å². The second-order valence-electron chi connectivity index (χ2n) is 8.99. The van der Waals surface area contributed by atoms with Gasteiger partial charge in [-0.2, -0.15) is 13.2 Å². The Morgan fingerprint density at radius 3 is 2.14 bits per heavy atom. The number of carbonyl (C=O) groups is 1. The number of aliphatic hydroxyl groups is 1. The van der Waals surface area contributed by atoms with Crippen LogP contribution in [0.25, 0.3) is 22.3 Å². The van der Waals surface area contributed by atoms with E-state index in [4.69, 9.17) is 4.74 Å². The van der Waals surface area contributed by atoms with Gasteiger partial charge in [-0.1, -0.05) is 78.9 Å². The fraction of sp³-hybridized carbons (Fsp3) is 0.167. The average molecular weight is 504 g/mol. The van der Waals surface area contributed by atoms with Crippen molar-refractivity contribution in [3.8, 4) is 22.3 Å². The summed E-state index contributed by atoms with van der Waals surface area (Å²) in [4.78, 5) is 14.5. The van der Waals surface area contributed by atoms with Crippen molar-refractivity contribution in [2.45, 2.75) is 25.4 Å². The van der Waals surface area contributed by atoms with Crippen LogP contribution in [-0.2, 0) is 24.1 Å². The highest BCUT2D eigenvalue weighted by Crippen LogP contribution is 2.45. The average Bonchev–Trinajstić information content (AvgIpc) is 3.21. The predicted octanol–water partition coefficient (Wildman–Crippen LogP) is 7.20. The number of alkyl halides is 3. The number of nitrogens with zero attached hydrogens (tertiary/aromatic N) is 1. The number of ether oxygens (including phenoxy) is 1. The van der Waals surface area contributed by atoms with E-state index in [0.29, 0.717) is 16.7 Å². The molecule has 0 fully saturated rings. The number of fused-ring (bicyclic) bond motifs is 3. The second kappa shape index (κ2) is 9.75. The molecule has 0 unspecified atom stereocenters. The van der Waals surface area contributed by atoms with Gasteiger partial charge in [-0.05, 0) is 45.5 Å². The van der Waals surface area contributed by atoms with Crippen molar-refractivity contribution in [3.05, 3.63) is 119 Å². The first kappa shape index (κ1) is 24.6. The van der Waals surface area contributed by atoms with Crippen molar-refractivity contribution in [1.82, 2.24) is 4.90 Å². The second-order valence-corrected chi connectivity index (χ2v) is 8.99. The zero-order valence-electron chi connectivity index (χ0n) is 20.0. The monoisotopic (exact) mass is 503 g/mol. The summed E-state index contributed by atoms with van der Waals surface area (Å²) in [7, 11) is 1.50. The van der Waals surface area contributed by atoms with Crippen LogP contribution in [-0.4, -0.2) is 23.1 Å². The molecule has 188 valence electrons. The minimum Gasteiger partial charge on any atom is -0.436 e. The van der Waals surface area contributed by atoms with Crippen molar-refractivity contribution >= 4 is 6.09 Å². The Labute approximate surface area is 212 Å². The van der Waals surface area contributed by atoms with E-state index in [2.05, 4.69) is 0 Å². The van der Waals surface area contributed by atoms with Gasteiger partial charge in [0.15, 0.2) is 6.10 Å². The predicted molar refractivity (Wildman–Crippen MR) is 134 cm³/mol. The van der Waals surface area contributed by atoms with E-state index in [1.54, 1.807) is 24.3 Å². The smallest absolute Gasteiger partial charge is 0.417 e. The minimum absolute atomic E-state index is 0.0264. The number of benzene rings is 4. The lowest BCUT2D eigenvalue weighted by atomic mass is 9.92. The van der Waals surface area contributed by atoms with E-state index in [9.17, 15) is 23.1 Å². The lowest BCUT2D eigenvalue weighted by Crippen LogP contribution is -2.28. The van der Waals surface area contributed by atoms with Crippen molar-refractivity contribution in [2.75, 3.05) is 7.05 Å². The number of halogens is 3. The molecule has 1 aliphatic carbocycles. The van der Waals surface area contributed by atoms with Crippen LogP contribution >= 0.6 is 0 Å². The molecular formula is C30H24F3NO3. The third-order valence-electron chi connectivity index (χ3n) is 6.57. The maximum absolute atomic E-state index is 14.0. The summed E-state index contributed by atoms with van der Waals surface area (Å²) in [6, 6.07) is 25.6. The molecule has 0 atom stereocenters. The quantitative estimate of drug-likeness (QED) is 0.313. The van der Waals surface area contributed by atoms with Crippen LogP contribution in [0, 0.1) is 0 Å². The Morgan fingerprint density at radius 1 is 0.892 bits per heavy atom. The molecule has 0 radical (unpaired) electrons. The van der Waals surface area contributed by atoms with Gasteiger partial charge in [-0.15, -0.1) is 0 Å². The molecule has 0 saturated heterocycles. The SMILES string of the molecule is CN(Cc1cccc(C(F)(F)F)c1-c1cccc(CO)c1)C(=O)OC1c2ccccc2-c2ccccc21. The van der Waals surface area contributed by atoms with Crippen LogP contribution in [0.15, 0.2) is 91.0 Å². The molecule has 0 aliphatic heterocycles. The first-order valence-electron chi connectivity index (χ1n) is 11.8. The Balaban J connectivity index is 1.46. The summed E-state index contributed by atoms with van der Waals surface area (Å²) in [5.74, 6) is 0. The van der Waals surface area contributed by atoms with E-state index >= 15 is 0 Å². The first-order valence-corrected chi connectivity index (χ1v) is 11.8. The Hall–Kier alpha value is -4.10. The zero-order chi connectivity index (χ0) is 26.2. The maximum atomic E-state index is 14.0. The summed E-state index contributed by atoms with van der Waals surface area (Å²) in [6.07, 6.45) is -5.86. The zero-order valence-corrected chi connectivity index (χ0v) is 20.0. The molecule has 4 nitrogen and oxygen atoms in total. The molecule has 0 heterocycles. The topological polar surface area (TPSA) is 49.8 Å². The number of hydrogen-bond donors (Lipinski definition) is 1. The van der Waals surface area contributed by atoms with Crippen molar-refractivity contribution < 1.29 is 27.8 Å². The largest absolute Gasteiger partial charge is 0.436 e. The summed E-state index contributed by atoms with van der Waals surface area (Å²) in [5.41, 5.74) is 4.00. The molecule has 1 N–H and O–H groups in total. The van der Waals surface area contributed by atoms with E-state index in [1.165, 1.54) is 24.1 Å². The van der Waals surface area contributed by atoms with Crippen molar-refractivity contribution in [1.29, 1.82) is 0 Å². The highest BCUT2D eigenvalue weighted by molar-refractivity contribution is 5.80. The third kappa shape index (κ3) is 4.70. The number of rotatable bonds is 5. The standard InChI is InChI=1S/C30H24F3NO3/c1-34(29(36)37-28-24-13-4-2-11-22(24)23-12-3-5-14-25(23)28)17-21-10-7-15-26(30(31,32)33)27(21)20-9-6-8-19(16-20)18-35/h2-16,28,35H,17-18H2,1H3. The van der Waals surface area contributed by atoms with Crippen LogP contribution in [0.1, 0.15) is 33.9 Å². The van der Waals surface area contributed by atoms with Crippen molar-refractivity contribution in [2.24, 2.45) is 0 Å². The molecular weight excluding hydrogens is 479 g/mol. The maximum Gasteiger partial charge on any atom is 0.417 e. The lowest BCUT2D eigenvalue weighted by molar-refractivity contribution is -0.137. The van der Waals surface area contributed by atoms with Gasteiger partial charge >= 0.3 is 12.3 Å². The fourth-order valence-electron chi connectivity index (χ4n) is 4.88. The highest BCUT2D eigenvalue weighted by Gasteiger charge is 2.35. The van der Waals surface area contributed by atoms with Crippen LogP contribution in [0.2, 0.25) is 0 Å². The Kier molecular flexibility index (Phi) is 6.48. The Morgan fingerprint density at radius 2 is 1.51 bits per heavy atom. The normalized spacial score (nSPS) is 12.7. The molecule has 0 aromatic heterocycles. The Bertz CT molecular complexity index is 1420. The summed E-state index contributed by atoms with van der Waals surface area (Å²) >= 11 is 0. The highest BCUT2D eigenvalue weighted by atomic mass is 19.4. The lowest BCUT2D eigenvalue weighted by Gasteiger charge is -2.24. The van der Waals surface area contributed by atoms with Crippen LogP contribution in [0.4, 0.5) is 18.0 Å². The van der Waals surface area contributed by atoms with E-state index in [0.717, 1.165) is 28.3 Å². The molecule has 7 heteroatoms. The molecule has 0 spiro atoms. The van der Waals surface area contributed by atoms with Crippen LogP contribution < -0.4 is 0 Å². The number of aliphatic hydroxyl groups excluding tert-OH is 1. The van der Waals surface area contributed by atoms with Gasteiger partial charge in [0.1, 0.15) is 0 Å². The van der Waals surface area contributed by atoms with E-state index in [1.807, 2.05) is 48.5 Å².